The van der Waals surface area contributed by atoms with Gasteiger partial charge in [0.25, 0.3) is 11.5 Å². The number of thioether (sulfide) groups is 1. The van der Waals surface area contributed by atoms with Gasteiger partial charge >= 0.3 is 29.8 Å². The molecule has 0 saturated carbocycles. The van der Waals surface area contributed by atoms with Crippen molar-refractivity contribution < 1.29 is 92.7 Å². The molecule has 3 aromatic carbocycles. The van der Waals surface area contributed by atoms with Crippen LogP contribution >= 0.6 is 24.4 Å². The second-order valence-electron chi connectivity index (χ2n) is 22.8. The third kappa shape index (κ3) is 23.3. The van der Waals surface area contributed by atoms with E-state index in [4.69, 9.17) is 5.73 Å². The Hall–Kier alpha value is -11.0. The summed E-state index contributed by atoms with van der Waals surface area (Å²) >= 11 is 5.30. The Morgan fingerprint density at radius 2 is 1.13 bits per heavy atom. The molecular formula is C63H74N14O20S2. The SMILES string of the molecule is CC[C@H](NC(=O)[C@H](CC(=O)O)NC(=O)CC[C@@H](C)NC(=O)c1ccc(NCc2cnc3nc(N)[nH]c(=O)c3n2)cc1)C(=O)C[C@@H](CC(=O)O)C(=O)N[C@@H](CC(=O)O)C(=O)N[C@@H](CNC(=O)CCSCC1c2ccccc2-c2ccccc21)C(=O)N[C@@H](CC(=O)O)C(=O)N[C@@H](CS)C(=O)O. The first-order valence-corrected chi connectivity index (χ1v) is 32.6. The molecule has 8 atom stereocenters. The molecule has 0 aliphatic heterocycles. The van der Waals surface area contributed by atoms with Gasteiger partial charge in [0.1, 0.15) is 30.2 Å². The molecule has 6 rings (SSSR count). The molecule has 0 saturated heterocycles. The highest BCUT2D eigenvalue weighted by molar-refractivity contribution is 7.99. The monoisotopic (exact) mass is 1410 g/mol. The highest BCUT2D eigenvalue weighted by Gasteiger charge is 2.37. The van der Waals surface area contributed by atoms with E-state index in [1.54, 1.807) is 19.1 Å². The number of carboxylic acids is 5. The van der Waals surface area contributed by atoms with Crippen molar-refractivity contribution in [2.75, 3.05) is 34.9 Å². The quantitative estimate of drug-likeness (QED) is 0.0176. The first-order chi connectivity index (χ1) is 47.0. The molecule has 528 valence electrons. The van der Waals surface area contributed by atoms with Crippen molar-refractivity contribution in [2.45, 2.75) is 126 Å². The molecule has 0 fully saturated rings. The molecule has 1 aliphatic rings. The Morgan fingerprint density at radius 1 is 0.606 bits per heavy atom. The number of Topliss-reactive ketones (excluding diaryl/α,β-unsaturated/α-hetero) is 1. The number of hydrogen-bond donors (Lipinski definition) is 17. The molecule has 0 bridgehead atoms. The molecule has 2 heterocycles. The average molecular weight is 1410 g/mol. The zero-order valence-corrected chi connectivity index (χ0v) is 54.9. The van der Waals surface area contributed by atoms with Crippen LogP contribution in [0.15, 0.2) is 83.8 Å². The fraction of sp³-hybridized carbons (Fsp3) is 0.397. The molecule has 0 unspecified atom stereocenters. The maximum absolute atomic E-state index is 14.1. The number of nitrogens with zero attached hydrogens (tertiary/aromatic N) is 3. The number of aromatic amines is 1. The number of H-pyrrole nitrogens is 1. The van der Waals surface area contributed by atoms with E-state index < -0.39 is 181 Å². The molecule has 34 nitrogen and oxygen atoms in total. The van der Waals surface area contributed by atoms with Crippen LogP contribution in [-0.4, -0.2) is 194 Å². The summed E-state index contributed by atoms with van der Waals surface area (Å²) < 4.78 is 0. The van der Waals surface area contributed by atoms with Crippen molar-refractivity contribution in [1.82, 2.24) is 62.5 Å². The predicted molar refractivity (Wildman–Crippen MR) is 356 cm³/mol. The van der Waals surface area contributed by atoms with E-state index in [0.29, 0.717) is 17.1 Å². The van der Waals surface area contributed by atoms with Gasteiger partial charge in [-0.2, -0.15) is 29.4 Å². The number of nitrogens with one attached hydrogen (secondary N) is 10. The summed E-state index contributed by atoms with van der Waals surface area (Å²) in [5.41, 5.74) is 10.7. The van der Waals surface area contributed by atoms with Crippen molar-refractivity contribution in [2.24, 2.45) is 5.92 Å². The predicted octanol–water partition coefficient (Wildman–Crippen LogP) is -0.335. The smallest absolute Gasteiger partial charge is 0.327 e. The number of thiol groups is 1. The molecule has 99 heavy (non-hydrogen) atoms. The Labute approximate surface area is 572 Å². The van der Waals surface area contributed by atoms with Crippen LogP contribution in [0.2, 0.25) is 0 Å². The lowest BCUT2D eigenvalue weighted by molar-refractivity contribution is -0.145. The first-order valence-electron chi connectivity index (χ1n) is 30.8. The molecule has 0 spiro atoms. The van der Waals surface area contributed by atoms with Crippen LogP contribution in [0, 0.1) is 5.92 Å². The van der Waals surface area contributed by atoms with Crippen molar-refractivity contribution in [1.29, 1.82) is 0 Å². The van der Waals surface area contributed by atoms with Crippen molar-refractivity contribution in [3.8, 4) is 11.1 Å². The minimum Gasteiger partial charge on any atom is -0.481 e. The standard InChI is InChI=1S/C63H74N14O20S2/c1-3-40(71-57(91)41(22-50(83)84)70-48(80)17-12-30(2)68-55(89)31-13-15-33(16-14-31)65-25-34-26-67-54-53(69-34)61(95)77-63(64)76-54)46(78)20-32(21-49(81)82)56(90)72-42(23-51(85)86)58(92)74-44(60(94)73-43(24-52(87)88)59(93)75-45(28-98)62(96)97)27-66-47(79)18-19-99-29-39-37-10-6-4-8-35(37)36-9-5-7-11-38(36)39/h4-11,13-16,26,30,32,39-45,65,98H,3,12,17-25,27-29H2,1-2H3,(H,66,79)(H,68,89)(H,70,80)(H,71,91)(H,72,90)(H,73,94)(H,74,92)(H,75,93)(H,81,82)(H,83,84)(H,85,86)(H,87,88)(H,96,97)(H3,64,67,76,77,95)/t30-,32+,40+,41+,42+,43+,44+,45+/m1/s1. The normalized spacial score (nSPS) is 13.9. The zero-order chi connectivity index (χ0) is 72.6. The van der Waals surface area contributed by atoms with Gasteiger partial charge in [0.2, 0.25) is 47.3 Å². The molecular weight excluding hydrogens is 1340 g/mol. The van der Waals surface area contributed by atoms with E-state index in [2.05, 4.69) is 75.1 Å². The lowest BCUT2D eigenvalue weighted by atomic mass is 9.93. The summed E-state index contributed by atoms with van der Waals surface area (Å²) in [6.45, 7) is 2.29. The van der Waals surface area contributed by atoms with Crippen LogP contribution < -0.4 is 59.1 Å². The Bertz CT molecular complexity index is 3890. The number of benzene rings is 3. The number of nitrogens with two attached hydrogens (primary N) is 1. The van der Waals surface area contributed by atoms with Crippen molar-refractivity contribution >= 4 is 130 Å². The number of hydrogen-bond acceptors (Lipinski definition) is 22. The van der Waals surface area contributed by atoms with Gasteiger partial charge in [0.15, 0.2) is 16.9 Å². The summed E-state index contributed by atoms with van der Waals surface area (Å²) in [6, 6.07) is 10.1. The number of carboxylic acid groups (broad SMARTS) is 5. The summed E-state index contributed by atoms with van der Waals surface area (Å²) in [6.07, 6.45) is -4.95. The van der Waals surface area contributed by atoms with Gasteiger partial charge in [-0.3, -0.25) is 72.1 Å². The maximum Gasteiger partial charge on any atom is 0.327 e. The highest BCUT2D eigenvalue weighted by Crippen LogP contribution is 2.45. The Balaban J connectivity index is 1.06. The molecule has 0 radical (unpaired) electrons. The van der Waals surface area contributed by atoms with E-state index in [1.807, 2.05) is 53.8 Å². The van der Waals surface area contributed by atoms with Gasteiger partial charge in [-0.05, 0) is 66.3 Å². The Kier molecular flexibility index (Phi) is 28.7. The van der Waals surface area contributed by atoms with Gasteiger partial charge in [0.05, 0.1) is 56.1 Å². The minimum absolute atomic E-state index is 0.00290. The summed E-state index contributed by atoms with van der Waals surface area (Å²) in [4.78, 5) is 209. The van der Waals surface area contributed by atoms with Gasteiger partial charge in [-0.15, -0.1) is 0 Å². The van der Waals surface area contributed by atoms with Gasteiger partial charge in [-0.1, -0.05) is 55.5 Å². The number of fused-ring (bicyclic) bond motifs is 4. The molecule has 8 amide bonds. The van der Waals surface area contributed by atoms with E-state index >= 15 is 0 Å². The third-order valence-electron chi connectivity index (χ3n) is 15.3. The van der Waals surface area contributed by atoms with E-state index in [9.17, 15) is 97.5 Å². The lowest BCUT2D eigenvalue weighted by Gasteiger charge is -2.26. The fourth-order valence-corrected chi connectivity index (χ4v) is 11.6. The molecule has 1 aliphatic carbocycles. The number of carbonyl (C=O) groups is 14. The number of rotatable bonds is 40. The maximum atomic E-state index is 14.1. The van der Waals surface area contributed by atoms with Crippen molar-refractivity contribution in [3.63, 3.8) is 0 Å². The van der Waals surface area contributed by atoms with Gasteiger partial charge in [0, 0.05) is 66.3 Å². The zero-order valence-electron chi connectivity index (χ0n) is 53.2. The largest absolute Gasteiger partial charge is 0.481 e. The second-order valence-corrected chi connectivity index (χ2v) is 24.3. The number of anilines is 2. The fourth-order valence-electron chi connectivity index (χ4n) is 10.3. The Morgan fingerprint density at radius 3 is 1.69 bits per heavy atom. The lowest BCUT2D eigenvalue weighted by Crippen LogP contribution is -2.61. The number of ketones is 1. The number of amides is 8. The van der Waals surface area contributed by atoms with Crippen LogP contribution in [0.25, 0.3) is 22.3 Å². The first kappa shape index (κ1) is 77.0. The highest BCUT2D eigenvalue weighted by atomic mass is 32.2. The molecule has 36 heteroatoms. The van der Waals surface area contributed by atoms with E-state index in [1.165, 1.54) is 37.0 Å². The average Bonchev–Trinajstić information content (AvgIpc) is 1.63. The number of aliphatic carboxylic acids is 5. The second kappa shape index (κ2) is 36.9. The minimum atomic E-state index is -2.21. The van der Waals surface area contributed by atoms with Gasteiger partial charge < -0.3 is 79.1 Å². The third-order valence-corrected chi connectivity index (χ3v) is 16.8. The number of aromatic nitrogens is 4. The van der Waals surface area contributed by atoms with E-state index in [-0.39, 0.29) is 66.6 Å². The summed E-state index contributed by atoms with van der Waals surface area (Å²) in [5, 5.41) is 69.8. The van der Waals surface area contributed by atoms with E-state index in [0.717, 1.165) is 22.3 Å². The number of carbonyl (C=O) groups excluding carboxylic acids is 9. The summed E-state index contributed by atoms with van der Waals surface area (Å²) in [5.74, 6) is -19.8. The topological polar surface area (TPSA) is 546 Å². The van der Waals surface area contributed by atoms with Crippen LogP contribution in [0.4, 0.5) is 11.6 Å². The van der Waals surface area contributed by atoms with Crippen LogP contribution in [0.3, 0.4) is 0 Å². The van der Waals surface area contributed by atoms with Crippen molar-refractivity contribution in [3.05, 3.63) is 112 Å². The molecule has 5 aromatic rings. The van der Waals surface area contributed by atoms with Gasteiger partial charge in [-0.25, -0.2) is 14.8 Å². The molecule has 17 N–H and O–H groups in total. The number of nitrogen functional groups attached to an aromatic ring is 1. The van der Waals surface area contributed by atoms with Crippen LogP contribution in [0.5, 0.6) is 0 Å². The van der Waals surface area contributed by atoms with Crippen LogP contribution in [0.1, 0.15) is 105 Å². The molecule has 2 aromatic heterocycles. The summed E-state index contributed by atoms with van der Waals surface area (Å²) in [7, 11) is 0. The van der Waals surface area contributed by atoms with Crippen LogP contribution in [-0.2, 0) is 68.9 Å².